The van der Waals surface area contributed by atoms with Gasteiger partial charge in [0.2, 0.25) is 0 Å². The molecule has 1 nitrogen and oxygen atoms in total. The zero-order valence-electron chi connectivity index (χ0n) is 14.2. The van der Waals surface area contributed by atoms with E-state index in [1.54, 1.807) is 0 Å². The van der Waals surface area contributed by atoms with Crippen LogP contribution in [0, 0.1) is 0 Å². The van der Waals surface area contributed by atoms with Crippen LogP contribution in [0.15, 0.2) is 77.3 Å². The summed E-state index contributed by atoms with van der Waals surface area (Å²) in [5.41, 5.74) is 3.90. The normalized spacial score (nSPS) is 12.6. The van der Waals surface area contributed by atoms with Crippen LogP contribution in [-0.4, -0.2) is 4.40 Å². The van der Waals surface area contributed by atoms with Crippen LogP contribution in [0.25, 0.3) is 58.3 Å². The van der Waals surface area contributed by atoms with Gasteiger partial charge in [-0.05, 0) is 44.9 Å². The molecule has 126 valence electrons. The highest BCUT2D eigenvalue weighted by atomic mass is 79.9. The van der Waals surface area contributed by atoms with Gasteiger partial charge in [0.15, 0.2) is 0 Å². The maximum atomic E-state index is 3.85. The first-order valence-corrected chi connectivity index (χ1v) is 10.6. The topological polar surface area (TPSA) is 4.41 Å². The van der Waals surface area contributed by atoms with E-state index in [9.17, 15) is 0 Å². The molecule has 0 atom stereocenters. The fraction of sp³-hybridized carbons (Fsp3) is 0. The monoisotopic (exact) mass is 425 g/mol. The molecule has 0 aliphatic rings. The van der Waals surface area contributed by atoms with Crippen molar-refractivity contribution in [2.24, 2.45) is 0 Å². The molecule has 0 aliphatic carbocycles. The smallest absolute Gasteiger partial charge is 0.0734 e. The molecule has 0 bridgehead atoms. The number of nitrogens with zero attached hydrogens (tertiary/aromatic N) is 1. The summed E-state index contributed by atoms with van der Waals surface area (Å²) in [5, 5.41) is 8.00. The highest BCUT2D eigenvalue weighted by molar-refractivity contribution is 9.10. The maximum absolute atomic E-state index is 3.85. The molecule has 0 saturated heterocycles. The number of benzene rings is 4. The standard InChI is InChI=1S/C24H12BrNS/c25-17-12-13-6-5-9-15-14-7-1-3-10-18(14)26-19-11-4-2-8-16(19)23-22(26)21(20(13)15)24(17)27-23/h1-12H. The van der Waals surface area contributed by atoms with Gasteiger partial charge in [0.25, 0.3) is 0 Å². The van der Waals surface area contributed by atoms with Crippen LogP contribution in [0.3, 0.4) is 0 Å². The van der Waals surface area contributed by atoms with Crippen LogP contribution in [0.2, 0.25) is 0 Å². The Morgan fingerprint density at radius 3 is 2.22 bits per heavy atom. The molecule has 0 amide bonds. The highest BCUT2D eigenvalue weighted by Gasteiger charge is 2.21. The molecule has 0 saturated carbocycles. The number of halogens is 1. The second-order valence-corrected chi connectivity index (χ2v) is 8.99. The van der Waals surface area contributed by atoms with E-state index < -0.39 is 0 Å². The van der Waals surface area contributed by atoms with E-state index in [2.05, 4.69) is 93.1 Å². The lowest BCUT2D eigenvalue weighted by Crippen LogP contribution is -1.83. The van der Waals surface area contributed by atoms with Gasteiger partial charge in [0.05, 0.1) is 25.9 Å². The van der Waals surface area contributed by atoms with E-state index in [1.807, 2.05) is 11.3 Å². The third-order valence-electron chi connectivity index (χ3n) is 5.78. The molecule has 3 heteroatoms. The van der Waals surface area contributed by atoms with E-state index >= 15 is 0 Å². The summed E-state index contributed by atoms with van der Waals surface area (Å²) in [7, 11) is 0. The lowest BCUT2D eigenvalue weighted by Gasteiger charge is -2.04. The van der Waals surface area contributed by atoms with E-state index in [0.29, 0.717) is 0 Å². The van der Waals surface area contributed by atoms with Gasteiger partial charge in [0, 0.05) is 26.0 Å². The van der Waals surface area contributed by atoms with Crippen molar-refractivity contribution in [2.45, 2.75) is 0 Å². The van der Waals surface area contributed by atoms with Crippen molar-refractivity contribution in [1.82, 2.24) is 4.40 Å². The Labute approximate surface area is 166 Å². The second-order valence-electron chi connectivity index (χ2n) is 7.12. The second kappa shape index (κ2) is 4.80. The summed E-state index contributed by atoms with van der Waals surface area (Å²) in [5.74, 6) is 0. The van der Waals surface area contributed by atoms with Crippen molar-refractivity contribution < 1.29 is 0 Å². The number of rotatable bonds is 0. The Balaban J connectivity index is 2.07. The average molecular weight is 426 g/mol. The van der Waals surface area contributed by atoms with Crippen molar-refractivity contribution in [2.75, 3.05) is 0 Å². The molecule has 0 unspecified atom stereocenters. The molecule has 0 radical (unpaired) electrons. The zero-order valence-corrected chi connectivity index (χ0v) is 16.6. The van der Waals surface area contributed by atoms with Gasteiger partial charge >= 0.3 is 0 Å². The Bertz CT molecular complexity index is 1690. The third-order valence-corrected chi connectivity index (χ3v) is 7.91. The fourth-order valence-corrected chi connectivity index (χ4v) is 6.66. The lowest BCUT2D eigenvalue weighted by molar-refractivity contribution is 1.36. The summed E-state index contributed by atoms with van der Waals surface area (Å²) in [6.45, 7) is 0. The first-order valence-electron chi connectivity index (χ1n) is 8.99. The molecule has 3 aromatic heterocycles. The van der Waals surface area contributed by atoms with Crippen LogP contribution in [0.4, 0.5) is 0 Å². The van der Waals surface area contributed by atoms with Gasteiger partial charge in [0.1, 0.15) is 0 Å². The van der Waals surface area contributed by atoms with Crippen LogP contribution in [0.1, 0.15) is 0 Å². The number of hydrogen-bond acceptors (Lipinski definition) is 1. The number of hydrogen-bond donors (Lipinski definition) is 0. The first-order chi connectivity index (χ1) is 13.3. The molecule has 0 fully saturated rings. The molecule has 0 spiro atoms. The molecule has 7 rings (SSSR count). The largest absolute Gasteiger partial charge is 0.307 e. The number of thiophene rings is 1. The lowest BCUT2D eigenvalue weighted by atomic mass is 10.0. The first kappa shape index (κ1) is 14.4. The number of aromatic nitrogens is 1. The van der Waals surface area contributed by atoms with E-state index in [0.717, 1.165) is 0 Å². The minimum Gasteiger partial charge on any atom is -0.307 e. The van der Waals surface area contributed by atoms with Gasteiger partial charge in [-0.2, -0.15) is 0 Å². The molecule has 4 aromatic carbocycles. The molecular formula is C24H12BrNS. The summed E-state index contributed by atoms with van der Waals surface area (Å²) < 4.78 is 6.38. The van der Waals surface area contributed by atoms with Crippen molar-refractivity contribution in [3.8, 4) is 0 Å². The van der Waals surface area contributed by atoms with Gasteiger partial charge in [-0.3, -0.25) is 0 Å². The summed E-state index contributed by atoms with van der Waals surface area (Å²) in [6, 6.07) is 26.5. The van der Waals surface area contributed by atoms with Crippen molar-refractivity contribution >= 4 is 85.5 Å². The zero-order chi connectivity index (χ0) is 17.7. The van der Waals surface area contributed by atoms with Crippen molar-refractivity contribution in [1.29, 1.82) is 0 Å². The molecule has 0 N–H and O–H groups in total. The van der Waals surface area contributed by atoms with Crippen LogP contribution in [0.5, 0.6) is 0 Å². The molecule has 3 heterocycles. The Hall–Kier alpha value is -2.62. The van der Waals surface area contributed by atoms with Gasteiger partial charge in [-0.15, -0.1) is 11.3 Å². The maximum Gasteiger partial charge on any atom is 0.0734 e. The predicted molar refractivity (Wildman–Crippen MR) is 122 cm³/mol. The summed E-state index contributed by atoms with van der Waals surface area (Å²) in [4.78, 5) is 0. The Kier molecular flexibility index (Phi) is 2.57. The minimum absolute atomic E-state index is 1.19. The third kappa shape index (κ3) is 1.61. The number of fused-ring (bicyclic) bond motifs is 6. The van der Waals surface area contributed by atoms with E-state index in [4.69, 9.17) is 0 Å². The van der Waals surface area contributed by atoms with Gasteiger partial charge in [-0.25, -0.2) is 0 Å². The Morgan fingerprint density at radius 2 is 1.37 bits per heavy atom. The van der Waals surface area contributed by atoms with Crippen LogP contribution in [-0.2, 0) is 0 Å². The van der Waals surface area contributed by atoms with Crippen molar-refractivity contribution in [3.05, 3.63) is 77.3 Å². The minimum atomic E-state index is 1.19. The molecule has 0 aliphatic heterocycles. The van der Waals surface area contributed by atoms with Gasteiger partial charge in [-0.1, -0.05) is 54.6 Å². The van der Waals surface area contributed by atoms with E-state index in [-0.39, 0.29) is 0 Å². The van der Waals surface area contributed by atoms with Crippen LogP contribution < -0.4 is 0 Å². The highest BCUT2D eigenvalue weighted by Crippen LogP contribution is 2.49. The average Bonchev–Trinajstić information content (AvgIpc) is 3.19. The van der Waals surface area contributed by atoms with Crippen molar-refractivity contribution in [3.63, 3.8) is 0 Å². The quantitative estimate of drug-likeness (QED) is 0.232. The summed E-state index contributed by atoms with van der Waals surface area (Å²) in [6.07, 6.45) is 0. The molecular weight excluding hydrogens is 414 g/mol. The predicted octanol–water partition coefficient (Wildman–Crippen LogP) is 7.97. The molecule has 27 heavy (non-hydrogen) atoms. The fourth-order valence-electron chi connectivity index (χ4n) is 4.74. The summed E-state index contributed by atoms with van der Waals surface area (Å²) >= 11 is 5.75. The van der Waals surface area contributed by atoms with Gasteiger partial charge < -0.3 is 4.40 Å². The van der Waals surface area contributed by atoms with E-state index in [1.165, 1.54) is 62.7 Å². The van der Waals surface area contributed by atoms with Crippen LogP contribution >= 0.6 is 27.3 Å². The molecule has 7 aromatic rings. The number of para-hydroxylation sites is 2. The SMILES string of the molecule is Brc1cc2cccc3c4ccccc4n4c5ccccc5c5sc1c(c23)c54. The Morgan fingerprint density at radius 1 is 0.667 bits per heavy atom.